The molecule has 0 aliphatic carbocycles. The summed E-state index contributed by atoms with van der Waals surface area (Å²) in [5, 5.41) is 2.09. The van der Waals surface area contributed by atoms with Crippen molar-refractivity contribution in [2.75, 3.05) is 0 Å². The van der Waals surface area contributed by atoms with Gasteiger partial charge in [0.15, 0.2) is 23.1 Å². The van der Waals surface area contributed by atoms with E-state index in [1.165, 1.54) is 0 Å². The van der Waals surface area contributed by atoms with Crippen molar-refractivity contribution in [3.05, 3.63) is 140 Å². The van der Waals surface area contributed by atoms with Crippen molar-refractivity contribution in [3.63, 3.8) is 0 Å². The van der Waals surface area contributed by atoms with Crippen LogP contribution < -0.4 is 0 Å². The molecule has 6 nitrogen and oxygen atoms in total. The molecule has 0 atom stereocenters. The first-order valence-electron chi connectivity index (χ1n) is 14.8. The van der Waals surface area contributed by atoms with E-state index >= 15 is 0 Å². The van der Waals surface area contributed by atoms with Gasteiger partial charge >= 0.3 is 0 Å². The Bertz CT molecular complexity index is 2530. The van der Waals surface area contributed by atoms with Gasteiger partial charge in [0.1, 0.15) is 11.1 Å². The number of aromatic nitrogens is 5. The third-order valence-corrected chi connectivity index (χ3v) is 8.12. The average Bonchev–Trinajstić information content (AvgIpc) is 3.50. The molecule has 6 heteroatoms. The van der Waals surface area contributed by atoms with Crippen molar-refractivity contribution in [1.29, 1.82) is 0 Å². The molecule has 9 rings (SSSR count). The average molecular weight is 578 g/mol. The van der Waals surface area contributed by atoms with Gasteiger partial charge in [-0.05, 0) is 47.5 Å². The first-order valence-corrected chi connectivity index (χ1v) is 14.8. The highest BCUT2D eigenvalue weighted by atomic mass is 16.3. The van der Waals surface area contributed by atoms with Crippen LogP contribution in [0, 0.1) is 0 Å². The van der Waals surface area contributed by atoms with Crippen molar-refractivity contribution in [2.24, 2.45) is 0 Å². The predicted molar refractivity (Wildman–Crippen MR) is 179 cm³/mol. The maximum atomic E-state index is 6.26. The van der Waals surface area contributed by atoms with Crippen molar-refractivity contribution >= 4 is 44.0 Å². The van der Waals surface area contributed by atoms with E-state index < -0.39 is 0 Å². The SMILES string of the molecule is c1ccc(-c2ccc(-c3nc(-c4ccccc4)nc(-c4ccc5nc6ccc7c8ccccc8oc7c6nc5c4)n3)cc2)cc1. The molecule has 0 radical (unpaired) electrons. The van der Waals surface area contributed by atoms with Gasteiger partial charge in [-0.3, -0.25) is 0 Å². The molecule has 9 aromatic rings. The summed E-state index contributed by atoms with van der Waals surface area (Å²) in [6.07, 6.45) is 0. The molecule has 210 valence electrons. The normalized spacial score (nSPS) is 11.6. The number of hydrogen-bond acceptors (Lipinski definition) is 6. The number of para-hydroxylation sites is 1. The third-order valence-electron chi connectivity index (χ3n) is 8.12. The van der Waals surface area contributed by atoms with E-state index in [0.29, 0.717) is 17.5 Å². The molecule has 0 aliphatic rings. The topological polar surface area (TPSA) is 77.6 Å². The second-order valence-electron chi connectivity index (χ2n) is 11.0. The summed E-state index contributed by atoms with van der Waals surface area (Å²) in [4.78, 5) is 24.8. The zero-order valence-corrected chi connectivity index (χ0v) is 23.9. The summed E-state index contributed by atoms with van der Waals surface area (Å²) in [6.45, 7) is 0. The molecule has 0 unspecified atom stereocenters. The number of furan rings is 1. The molecule has 0 aliphatic heterocycles. The summed E-state index contributed by atoms with van der Waals surface area (Å²) in [5.74, 6) is 1.78. The quantitative estimate of drug-likeness (QED) is 0.194. The Kier molecular flexibility index (Phi) is 5.71. The first kappa shape index (κ1) is 25.2. The summed E-state index contributed by atoms with van der Waals surface area (Å²) in [5.41, 5.74) is 9.57. The maximum absolute atomic E-state index is 6.26. The minimum absolute atomic E-state index is 0.566. The molecule has 3 heterocycles. The standard InChI is InChI=1S/C39H23N5O/c1-3-9-24(10-4-1)25-15-17-27(18-16-25)38-42-37(26-11-5-2-6-12-26)43-39(44-38)28-19-21-31-33(23-28)41-35-32(40-31)22-20-30-29-13-7-8-14-34(29)45-36(30)35/h1-23H. The summed E-state index contributed by atoms with van der Waals surface area (Å²) in [7, 11) is 0. The van der Waals surface area contributed by atoms with Gasteiger partial charge in [-0.25, -0.2) is 24.9 Å². The van der Waals surface area contributed by atoms with E-state index in [-0.39, 0.29) is 0 Å². The van der Waals surface area contributed by atoms with Crippen LogP contribution in [0.25, 0.3) is 89.3 Å². The minimum atomic E-state index is 0.566. The van der Waals surface area contributed by atoms with Crippen LogP contribution in [-0.4, -0.2) is 24.9 Å². The third kappa shape index (κ3) is 4.39. The summed E-state index contributed by atoms with van der Waals surface area (Å²) >= 11 is 0. The fourth-order valence-electron chi connectivity index (χ4n) is 5.85. The zero-order chi connectivity index (χ0) is 29.7. The summed E-state index contributed by atoms with van der Waals surface area (Å²) < 4.78 is 6.26. The van der Waals surface area contributed by atoms with E-state index in [1.807, 2.05) is 91.0 Å². The Morgan fingerprint density at radius 2 is 0.911 bits per heavy atom. The van der Waals surface area contributed by atoms with Gasteiger partial charge in [0.05, 0.1) is 16.6 Å². The fraction of sp³-hybridized carbons (Fsp3) is 0. The smallest absolute Gasteiger partial charge is 0.164 e. The van der Waals surface area contributed by atoms with Crippen LogP contribution in [0.1, 0.15) is 0 Å². The van der Waals surface area contributed by atoms with Crippen molar-refractivity contribution in [1.82, 2.24) is 24.9 Å². The molecule has 0 spiro atoms. The van der Waals surface area contributed by atoms with E-state index in [9.17, 15) is 0 Å². The molecule has 6 aromatic carbocycles. The molecule has 0 fully saturated rings. The van der Waals surface area contributed by atoms with Gasteiger partial charge in [-0.15, -0.1) is 0 Å². The Morgan fingerprint density at radius 1 is 0.356 bits per heavy atom. The van der Waals surface area contributed by atoms with Crippen molar-refractivity contribution < 1.29 is 4.42 Å². The largest absolute Gasteiger partial charge is 0.454 e. The highest BCUT2D eigenvalue weighted by Gasteiger charge is 2.16. The summed E-state index contributed by atoms with van der Waals surface area (Å²) in [6, 6.07) is 46.7. The van der Waals surface area contributed by atoms with Crippen molar-refractivity contribution in [2.45, 2.75) is 0 Å². The van der Waals surface area contributed by atoms with Gasteiger partial charge in [0.2, 0.25) is 0 Å². The molecule has 0 N–H and O–H groups in total. The van der Waals surface area contributed by atoms with Crippen molar-refractivity contribution in [3.8, 4) is 45.3 Å². The number of benzene rings is 6. The fourth-order valence-corrected chi connectivity index (χ4v) is 5.85. The second kappa shape index (κ2) is 10.2. The Balaban J connectivity index is 1.19. The zero-order valence-electron chi connectivity index (χ0n) is 23.9. The molecule has 0 saturated heterocycles. The van der Waals surface area contributed by atoms with Crippen LogP contribution in [0.3, 0.4) is 0 Å². The van der Waals surface area contributed by atoms with Crippen LogP contribution in [0.4, 0.5) is 0 Å². The van der Waals surface area contributed by atoms with Gasteiger partial charge in [-0.1, -0.05) is 103 Å². The molecule has 0 saturated carbocycles. The van der Waals surface area contributed by atoms with Gasteiger partial charge in [0, 0.05) is 27.5 Å². The predicted octanol–water partition coefficient (Wildman–Crippen LogP) is 9.54. The lowest BCUT2D eigenvalue weighted by Crippen LogP contribution is -2.00. The molecule has 0 bridgehead atoms. The van der Waals surface area contributed by atoms with E-state index in [0.717, 1.165) is 71.8 Å². The van der Waals surface area contributed by atoms with Gasteiger partial charge in [-0.2, -0.15) is 0 Å². The lowest BCUT2D eigenvalue weighted by molar-refractivity contribution is 0.671. The van der Waals surface area contributed by atoms with Gasteiger partial charge in [0.25, 0.3) is 0 Å². The van der Waals surface area contributed by atoms with E-state index in [4.69, 9.17) is 29.3 Å². The Hall–Kier alpha value is -6.27. The lowest BCUT2D eigenvalue weighted by atomic mass is 10.0. The maximum Gasteiger partial charge on any atom is 0.164 e. The lowest BCUT2D eigenvalue weighted by Gasteiger charge is -2.10. The van der Waals surface area contributed by atoms with Gasteiger partial charge < -0.3 is 4.42 Å². The molecule has 45 heavy (non-hydrogen) atoms. The molecule has 0 amide bonds. The molecular formula is C39H23N5O. The monoisotopic (exact) mass is 577 g/mol. The number of fused-ring (bicyclic) bond motifs is 6. The van der Waals surface area contributed by atoms with Crippen LogP contribution in [-0.2, 0) is 0 Å². The van der Waals surface area contributed by atoms with Crippen LogP contribution >= 0.6 is 0 Å². The van der Waals surface area contributed by atoms with E-state index in [2.05, 4.69) is 48.5 Å². The van der Waals surface area contributed by atoms with Crippen LogP contribution in [0.2, 0.25) is 0 Å². The number of rotatable bonds is 4. The Morgan fingerprint density at radius 3 is 1.67 bits per heavy atom. The first-order chi connectivity index (χ1) is 22.3. The second-order valence-corrected chi connectivity index (χ2v) is 11.0. The number of nitrogens with zero attached hydrogens (tertiary/aromatic N) is 5. The highest BCUT2D eigenvalue weighted by Crippen LogP contribution is 2.34. The molecular weight excluding hydrogens is 554 g/mol. The Labute approximate surface area is 257 Å². The number of hydrogen-bond donors (Lipinski definition) is 0. The highest BCUT2D eigenvalue weighted by molar-refractivity contribution is 6.14. The van der Waals surface area contributed by atoms with E-state index in [1.54, 1.807) is 0 Å². The van der Waals surface area contributed by atoms with Crippen LogP contribution in [0.15, 0.2) is 144 Å². The van der Waals surface area contributed by atoms with Crippen LogP contribution in [0.5, 0.6) is 0 Å². The molecule has 3 aromatic heterocycles. The minimum Gasteiger partial charge on any atom is -0.454 e.